The molecule has 0 saturated carbocycles. The Bertz CT molecular complexity index is 801. The van der Waals surface area contributed by atoms with Crippen LogP contribution < -0.4 is 5.32 Å². The van der Waals surface area contributed by atoms with Crippen LogP contribution in [0.15, 0.2) is 53.2 Å². The lowest BCUT2D eigenvalue weighted by molar-refractivity contribution is 0.585. The molecule has 5 nitrogen and oxygen atoms in total. The van der Waals surface area contributed by atoms with Crippen molar-refractivity contribution in [2.75, 3.05) is 5.32 Å². The zero-order chi connectivity index (χ0) is 15.4. The van der Waals surface area contributed by atoms with Gasteiger partial charge in [0.05, 0.1) is 0 Å². The fourth-order valence-electron chi connectivity index (χ4n) is 2.02. The summed E-state index contributed by atoms with van der Waals surface area (Å²) in [5.74, 6) is 0.823. The van der Waals surface area contributed by atoms with E-state index in [9.17, 15) is 5.26 Å². The lowest BCUT2D eigenvalue weighted by Gasteiger charge is -2.02. The summed E-state index contributed by atoms with van der Waals surface area (Å²) in [5, 5.41) is 12.3. The van der Waals surface area contributed by atoms with E-state index in [1.165, 1.54) is 0 Å². The third-order valence-electron chi connectivity index (χ3n) is 3.23. The summed E-state index contributed by atoms with van der Waals surface area (Å²) in [6.07, 6.45) is 3.45. The minimum Gasteiger partial charge on any atom is -0.419 e. The summed E-state index contributed by atoms with van der Waals surface area (Å²) >= 11 is 0. The fraction of sp³-hybridized carbons (Fsp3) is 0.118. The average Bonchev–Trinajstić information content (AvgIpc) is 2.98. The highest BCUT2D eigenvalue weighted by molar-refractivity contribution is 5.59. The molecule has 0 unspecified atom stereocenters. The standard InChI is InChI=1S/C17H14N4O/c1-12-2-4-14(5-3-12)16-21-15(10-18)17(22-16)20-11-13-6-8-19-9-7-13/h2-9,20H,11H2,1H3. The summed E-state index contributed by atoms with van der Waals surface area (Å²) in [6.45, 7) is 2.56. The van der Waals surface area contributed by atoms with E-state index in [2.05, 4.69) is 21.4 Å². The van der Waals surface area contributed by atoms with Crippen LogP contribution in [0.25, 0.3) is 11.5 Å². The van der Waals surface area contributed by atoms with Gasteiger partial charge in [-0.1, -0.05) is 17.7 Å². The van der Waals surface area contributed by atoms with Crippen molar-refractivity contribution in [1.29, 1.82) is 5.26 Å². The van der Waals surface area contributed by atoms with E-state index in [4.69, 9.17) is 4.42 Å². The van der Waals surface area contributed by atoms with E-state index in [0.717, 1.165) is 16.7 Å². The first-order valence-corrected chi connectivity index (χ1v) is 6.87. The van der Waals surface area contributed by atoms with Crippen molar-refractivity contribution in [3.05, 3.63) is 65.6 Å². The van der Waals surface area contributed by atoms with Gasteiger partial charge in [-0.25, -0.2) is 0 Å². The molecule has 3 aromatic rings. The molecule has 0 saturated heterocycles. The molecule has 0 amide bonds. The third kappa shape index (κ3) is 2.96. The van der Waals surface area contributed by atoms with Crippen molar-refractivity contribution in [3.8, 4) is 17.5 Å². The number of benzene rings is 1. The molecular weight excluding hydrogens is 276 g/mol. The van der Waals surface area contributed by atoms with Crippen LogP contribution in [-0.4, -0.2) is 9.97 Å². The quantitative estimate of drug-likeness (QED) is 0.795. The number of rotatable bonds is 4. The first-order chi connectivity index (χ1) is 10.8. The van der Waals surface area contributed by atoms with Crippen molar-refractivity contribution >= 4 is 5.88 Å². The minimum absolute atomic E-state index is 0.254. The molecule has 1 aromatic carbocycles. The van der Waals surface area contributed by atoms with Crippen LogP contribution in [0.4, 0.5) is 5.88 Å². The average molecular weight is 290 g/mol. The maximum atomic E-state index is 9.20. The van der Waals surface area contributed by atoms with Crippen molar-refractivity contribution in [3.63, 3.8) is 0 Å². The molecule has 0 aliphatic rings. The molecule has 0 bridgehead atoms. The second kappa shape index (κ2) is 6.10. The number of nitrogens with zero attached hydrogens (tertiary/aromatic N) is 3. The van der Waals surface area contributed by atoms with Crippen LogP contribution in [0.5, 0.6) is 0 Å². The number of nitriles is 1. The van der Waals surface area contributed by atoms with Gasteiger partial charge in [-0.3, -0.25) is 4.98 Å². The van der Waals surface area contributed by atoms with Crippen molar-refractivity contribution in [2.24, 2.45) is 0 Å². The lowest BCUT2D eigenvalue weighted by atomic mass is 10.1. The molecule has 5 heteroatoms. The third-order valence-corrected chi connectivity index (χ3v) is 3.23. The number of hydrogen-bond donors (Lipinski definition) is 1. The molecule has 22 heavy (non-hydrogen) atoms. The van der Waals surface area contributed by atoms with Gasteiger partial charge in [0.15, 0.2) is 0 Å². The molecule has 2 heterocycles. The van der Waals surface area contributed by atoms with Gasteiger partial charge in [0.1, 0.15) is 6.07 Å². The van der Waals surface area contributed by atoms with Crippen LogP contribution in [0.3, 0.4) is 0 Å². The first-order valence-electron chi connectivity index (χ1n) is 6.87. The minimum atomic E-state index is 0.254. The Morgan fingerprint density at radius 1 is 1.14 bits per heavy atom. The largest absolute Gasteiger partial charge is 0.419 e. The second-order valence-corrected chi connectivity index (χ2v) is 4.88. The SMILES string of the molecule is Cc1ccc(-c2nc(C#N)c(NCc3ccncc3)o2)cc1. The van der Waals surface area contributed by atoms with Crippen LogP contribution in [0.1, 0.15) is 16.8 Å². The Morgan fingerprint density at radius 3 is 2.55 bits per heavy atom. The zero-order valence-electron chi connectivity index (χ0n) is 12.1. The Kier molecular flexibility index (Phi) is 3.84. The smallest absolute Gasteiger partial charge is 0.232 e. The normalized spacial score (nSPS) is 10.2. The van der Waals surface area contributed by atoms with Crippen molar-refractivity contribution < 1.29 is 4.42 Å². The number of aromatic nitrogens is 2. The molecule has 3 rings (SSSR count). The number of hydrogen-bond acceptors (Lipinski definition) is 5. The highest BCUT2D eigenvalue weighted by Crippen LogP contribution is 2.25. The molecule has 1 N–H and O–H groups in total. The Balaban J connectivity index is 1.83. The van der Waals surface area contributed by atoms with Crippen LogP contribution in [0.2, 0.25) is 0 Å². The van der Waals surface area contributed by atoms with E-state index in [1.807, 2.05) is 43.3 Å². The fourth-order valence-corrected chi connectivity index (χ4v) is 2.02. The molecule has 0 aliphatic heterocycles. The number of anilines is 1. The zero-order valence-corrected chi connectivity index (χ0v) is 12.1. The molecule has 0 spiro atoms. The molecule has 0 aliphatic carbocycles. The monoisotopic (exact) mass is 290 g/mol. The number of pyridine rings is 1. The summed E-state index contributed by atoms with van der Waals surface area (Å²) < 4.78 is 5.69. The van der Waals surface area contributed by atoms with Gasteiger partial charge in [-0.2, -0.15) is 10.2 Å². The van der Waals surface area contributed by atoms with Gasteiger partial charge >= 0.3 is 0 Å². The van der Waals surface area contributed by atoms with Gasteiger partial charge in [0.2, 0.25) is 17.5 Å². The second-order valence-electron chi connectivity index (χ2n) is 4.88. The summed E-state index contributed by atoms with van der Waals surface area (Å²) in [6, 6.07) is 13.7. The molecule has 0 radical (unpaired) electrons. The number of oxazole rings is 1. The Labute approximate surface area is 128 Å². The van der Waals surface area contributed by atoms with Gasteiger partial charge in [-0.15, -0.1) is 0 Å². The molecule has 0 atom stereocenters. The van der Waals surface area contributed by atoms with Crippen LogP contribution in [0, 0.1) is 18.3 Å². The summed E-state index contributed by atoms with van der Waals surface area (Å²) in [5.41, 5.74) is 3.31. The first kappa shape index (κ1) is 13.8. The predicted molar refractivity (Wildman–Crippen MR) is 83.0 cm³/mol. The molecule has 0 fully saturated rings. The number of nitrogens with one attached hydrogen (secondary N) is 1. The Hall–Kier alpha value is -3.13. The van der Waals surface area contributed by atoms with Gasteiger partial charge in [-0.05, 0) is 36.8 Å². The topological polar surface area (TPSA) is 74.7 Å². The van der Waals surface area contributed by atoms with E-state index in [0.29, 0.717) is 18.3 Å². The molecular formula is C17H14N4O. The van der Waals surface area contributed by atoms with Crippen molar-refractivity contribution in [2.45, 2.75) is 13.5 Å². The van der Waals surface area contributed by atoms with E-state index < -0.39 is 0 Å². The maximum Gasteiger partial charge on any atom is 0.232 e. The highest BCUT2D eigenvalue weighted by atomic mass is 16.4. The van der Waals surface area contributed by atoms with Gasteiger partial charge < -0.3 is 9.73 Å². The summed E-state index contributed by atoms with van der Waals surface area (Å²) in [7, 11) is 0. The lowest BCUT2D eigenvalue weighted by Crippen LogP contribution is -1.99. The predicted octanol–water partition coefficient (Wildman–Crippen LogP) is 3.53. The van der Waals surface area contributed by atoms with Gasteiger partial charge in [0.25, 0.3) is 0 Å². The van der Waals surface area contributed by atoms with E-state index in [1.54, 1.807) is 12.4 Å². The van der Waals surface area contributed by atoms with Gasteiger partial charge in [0, 0.05) is 24.5 Å². The van der Waals surface area contributed by atoms with E-state index in [-0.39, 0.29) is 5.69 Å². The molecule has 108 valence electrons. The van der Waals surface area contributed by atoms with Crippen LogP contribution in [-0.2, 0) is 6.54 Å². The highest BCUT2D eigenvalue weighted by Gasteiger charge is 2.14. The molecule has 2 aromatic heterocycles. The number of aryl methyl sites for hydroxylation is 1. The van der Waals surface area contributed by atoms with Crippen LogP contribution >= 0.6 is 0 Å². The van der Waals surface area contributed by atoms with Crippen molar-refractivity contribution in [1.82, 2.24) is 9.97 Å². The maximum absolute atomic E-state index is 9.20. The van der Waals surface area contributed by atoms with E-state index >= 15 is 0 Å². The summed E-state index contributed by atoms with van der Waals surface area (Å²) in [4.78, 5) is 8.21. The Morgan fingerprint density at radius 2 is 1.86 bits per heavy atom.